The molecule has 0 bridgehead atoms. The number of H-pyrrole nitrogens is 1. The van der Waals surface area contributed by atoms with Crippen LogP contribution in [0.2, 0.25) is 0 Å². The lowest BCUT2D eigenvalue weighted by Gasteiger charge is -2.03. The number of nitrogens with one attached hydrogen (secondary N) is 1. The number of hydrogen-bond donors (Lipinski definition) is 1. The third-order valence-corrected chi connectivity index (χ3v) is 3.64. The Labute approximate surface area is 129 Å². The number of methoxy groups -OCH3 is 1. The molecule has 0 spiro atoms. The summed E-state index contributed by atoms with van der Waals surface area (Å²) >= 11 is 0. The molecule has 3 aromatic heterocycles. The van der Waals surface area contributed by atoms with Gasteiger partial charge in [0.2, 0.25) is 0 Å². The smallest absolute Gasteiger partial charge is 0.331 e. The largest absolute Gasteiger partial charge is 0.497 e. The van der Waals surface area contributed by atoms with Crippen LogP contribution in [0.1, 0.15) is 0 Å². The number of fused-ring (bicyclic) bond motifs is 3. The molecule has 0 aliphatic heterocycles. The van der Waals surface area contributed by atoms with Crippen LogP contribution in [-0.2, 0) is 0 Å². The molecule has 1 N–H and O–H groups in total. The number of imidazole rings is 1. The van der Waals surface area contributed by atoms with Crippen LogP contribution in [0.4, 0.5) is 4.39 Å². The molecule has 0 radical (unpaired) electrons. The Kier molecular flexibility index (Phi) is 2.87. The fourth-order valence-electron chi connectivity index (χ4n) is 2.52. The Hall–Kier alpha value is -3.22. The predicted molar refractivity (Wildman–Crippen MR) is 83.1 cm³/mol. The molecule has 0 saturated heterocycles. The van der Waals surface area contributed by atoms with E-state index in [0.717, 1.165) is 0 Å². The zero-order valence-electron chi connectivity index (χ0n) is 12.1. The second-order valence-electron chi connectivity index (χ2n) is 5.00. The zero-order chi connectivity index (χ0) is 16.0. The van der Waals surface area contributed by atoms with E-state index in [0.29, 0.717) is 28.1 Å². The second-order valence-corrected chi connectivity index (χ2v) is 5.00. The Morgan fingerprint density at radius 2 is 2.17 bits per heavy atom. The Bertz CT molecular complexity index is 1100. The van der Waals surface area contributed by atoms with Crippen molar-refractivity contribution in [3.8, 4) is 17.0 Å². The van der Waals surface area contributed by atoms with Crippen molar-refractivity contribution in [1.82, 2.24) is 19.4 Å². The number of aromatic nitrogens is 4. The maximum absolute atomic E-state index is 14.1. The van der Waals surface area contributed by atoms with Crippen LogP contribution in [0.5, 0.6) is 5.75 Å². The summed E-state index contributed by atoms with van der Waals surface area (Å²) in [7, 11) is 1.50. The van der Waals surface area contributed by atoms with Gasteiger partial charge in [0.15, 0.2) is 5.65 Å². The summed E-state index contributed by atoms with van der Waals surface area (Å²) in [6.45, 7) is 0. The SMILES string of the molecule is COc1ccc(F)c(-c2cn3c(=O)[nH]c4cccnc4c3n2)c1. The molecule has 0 atom stereocenters. The monoisotopic (exact) mass is 310 g/mol. The first-order valence-electron chi connectivity index (χ1n) is 6.87. The minimum atomic E-state index is -0.442. The number of rotatable bonds is 2. The van der Waals surface area contributed by atoms with E-state index >= 15 is 0 Å². The van der Waals surface area contributed by atoms with Crippen molar-refractivity contribution in [2.45, 2.75) is 0 Å². The number of halogens is 1. The fraction of sp³-hybridized carbons (Fsp3) is 0.0625. The van der Waals surface area contributed by atoms with Gasteiger partial charge in [-0.15, -0.1) is 0 Å². The van der Waals surface area contributed by atoms with E-state index in [1.165, 1.54) is 29.8 Å². The van der Waals surface area contributed by atoms with Crippen molar-refractivity contribution in [3.63, 3.8) is 0 Å². The Balaban J connectivity index is 2.05. The molecule has 1 aromatic carbocycles. The highest BCUT2D eigenvalue weighted by molar-refractivity contribution is 5.88. The maximum Gasteiger partial charge on any atom is 0.331 e. The summed E-state index contributed by atoms with van der Waals surface area (Å²) < 4.78 is 20.6. The highest BCUT2D eigenvalue weighted by Gasteiger charge is 2.14. The average Bonchev–Trinajstić information content (AvgIpc) is 3.01. The van der Waals surface area contributed by atoms with Crippen LogP contribution in [-0.4, -0.2) is 26.5 Å². The lowest BCUT2D eigenvalue weighted by Crippen LogP contribution is -2.15. The lowest BCUT2D eigenvalue weighted by molar-refractivity contribution is 0.414. The van der Waals surface area contributed by atoms with E-state index in [1.807, 2.05) is 0 Å². The molecule has 0 fully saturated rings. The summed E-state index contributed by atoms with van der Waals surface area (Å²) in [4.78, 5) is 23.5. The number of benzene rings is 1. The van der Waals surface area contributed by atoms with E-state index in [9.17, 15) is 9.18 Å². The molecule has 0 unspecified atom stereocenters. The third-order valence-electron chi connectivity index (χ3n) is 3.64. The van der Waals surface area contributed by atoms with Gasteiger partial charge in [0.1, 0.15) is 17.1 Å². The van der Waals surface area contributed by atoms with Crippen LogP contribution in [0.15, 0.2) is 47.5 Å². The van der Waals surface area contributed by atoms with Crippen LogP contribution in [0.25, 0.3) is 27.9 Å². The van der Waals surface area contributed by atoms with Crippen molar-refractivity contribution in [2.24, 2.45) is 0 Å². The fourth-order valence-corrected chi connectivity index (χ4v) is 2.52. The predicted octanol–water partition coefficient (Wildman–Crippen LogP) is 2.39. The molecule has 0 aliphatic rings. The minimum Gasteiger partial charge on any atom is -0.497 e. The van der Waals surface area contributed by atoms with Gasteiger partial charge in [-0.05, 0) is 30.3 Å². The second kappa shape index (κ2) is 4.91. The van der Waals surface area contributed by atoms with Crippen LogP contribution in [0.3, 0.4) is 0 Å². The first-order valence-corrected chi connectivity index (χ1v) is 6.87. The van der Waals surface area contributed by atoms with Crippen molar-refractivity contribution < 1.29 is 9.13 Å². The van der Waals surface area contributed by atoms with Crippen LogP contribution in [0, 0.1) is 5.82 Å². The van der Waals surface area contributed by atoms with Gasteiger partial charge in [-0.2, -0.15) is 0 Å². The van der Waals surface area contributed by atoms with Gasteiger partial charge in [0, 0.05) is 18.0 Å². The summed E-state index contributed by atoms with van der Waals surface area (Å²) in [5, 5.41) is 0. The molecule has 114 valence electrons. The molecule has 0 amide bonds. The van der Waals surface area contributed by atoms with Crippen LogP contribution < -0.4 is 10.4 Å². The number of aromatic amines is 1. The van der Waals surface area contributed by atoms with Gasteiger partial charge in [-0.1, -0.05) is 0 Å². The summed E-state index contributed by atoms with van der Waals surface area (Å²) in [6, 6.07) is 7.84. The van der Waals surface area contributed by atoms with Gasteiger partial charge in [-0.25, -0.2) is 18.6 Å². The number of ether oxygens (including phenoxy) is 1. The Morgan fingerprint density at radius 3 is 3.00 bits per heavy atom. The van der Waals surface area contributed by atoms with Crippen molar-refractivity contribution in [2.75, 3.05) is 7.11 Å². The van der Waals surface area contributed by atoms with E-state index in [2.05, 4.69) is 15.0 Å². The highest BCUT2D eigenvalue weighted by Crippen LogP contribution is 2.27. The molecule has 7 heteroatoms. The van der Waals surface area contributed by atoms with Gasteiger partial charge in [-0.3, -0.25) is 4.98 Å². The standard InChI is InChI=1S/C16H11FN4O2/c1-23-9-4-5-11(17)10(7-9)13-8-21-15(19-13)14-12(20-16(21)22)3-2-6-18-14/h2-8H,1H3,(H,20,22). The van der Waals surface area contributed by atoms with Crippen molar-refractivity contribution in [1.29, 1.82) is 0 Å². The third kappa shape index (κ3) is 2.05. The maximum atomic E-state index is 14.1. The normalized spacial score (nSPS) is 11.2. The zero-order valence-corrected chi connectivity index (χ0v) is 12.1. The lowest BCUT2D eigenvalue weighted by atomic mass is 10.1. The summed E-state index contributed by atoms with van der Waals surface area (Å²) in [6.07, 6.45) is 3.10. The average molecular weight is 310 g/mol. The van der Waals surface area contributed by atoms with Gasteiger partial charge in [0.05, 0.1) is 18.3 Å². The van der Waals surface area contributed by atoms with Gasteiger partial charge in [0.25, 0.3) is 0 Å². The molecular formula is C16H11FN4O2. The van der Waals surface area contributed by atoms with E-state index < -0.39 is 5.82 Å². The molecule has 4 aromatic rings. The van der Waals surface area contributed by atoms with Crippen molar-refractivity contribution >= 4 is 16.7 Å². The Morgan fingerprint density at radius 1 is 1.30 bits per heavy atom. The van der Waals surface area contributed by atoms with Crippen molar-refractivity contribution in [3.05, 3.63) is 59.0 Å². The van der Waals surface area contributed by atoms with Gasteiger partial charge < -0.3 is 9.72 Å². The molecular weight excluding hydrogens is 299 g/mol. The molecule has 0 aliphatic carbocycles. The number of pyridine rings is 1. The first kappa shape index (κ1) is 13.4. The topological polar surface area (TPSA) is 72.3 Å². The summed E-state index contributed by atoms with van der Waals surface area (Å²) in [5.41, 5.74) is 1.74. The van der Waals surface area contributed by atoms with Crippen LogP contribution >= 0.6 is 0 Å². The first-order chi connectivity index (χ1) is 11.2. The molecule has 4 rings (SSSR count). The number of nitrogens with zero attached hydrogens (tertiary/aromatic N) is 3. The summed E-state index contributed by atoms with van der Waals surface area (Å²) in [5.74, 6) is 0.0678. The quantitative estimate of drug-likeness (QED) is 0.617. The molecule has 23 heavy (non-hydrogen) atoms. The van der Waals surface area contributed by atoms with E-state index in [-0.39, 0.29) is 11.3 Å². The van der Waals surface area contributed by atoms with E-state index in [4.69, 9.17) is 4.74 Å². The van der Waals surface area contributed by atoms with E-state index in [1.54, 1.807) is 24.4 Å². The molecule has 6 nitrogen and oxygen atoms in total. The minimum absolute atomic E-state index is 0.261. The van der Waals surface area contributed by atoms with Gasteiger partial charge >= 0.3 is 5.69 Å². The highest BCUT2D eigenvalue weighted by atomic mass is 19.1. The number of hydrogen-bond acceptors (Lipinski definition) is 4. The molecule has 0 saturated carbocycles. The molecule has 3 heterocycles.